The molecule has 2 aliphatic heterocycles. The van der Waals surface area contributed by atoms with Gasteiger partial charge in [0.1, 0.15) is 16.5 Å². The van der Waals surface area contributed by atoms with Gasteiger partial charge in [0.2, 0.25) is 0 Å². The Kier molecular flexibility index (Phi) is 5.91. The highest BCUT2D eigenvalue weighted by Crippen LogP contribution is 2.44. The second-order valence-corrected chi connectivity index (χ2v) is 10.7. The van der Waals surface area contributed by atoms with Crippen LogP contribution in [0.4, 0.5) is 11.6 Å². The van der Waals surface area contributed by atoms with Crippen molar-refractivity contribution in [2.75, 3.05) is 49.3 Å². The summed E-state index contributed by atoms with van der Waals surface area (Å²) >= 11 is 3.14. The second-order valence-electron chi connectivity index (χ2n) is 8.97. The number of hydrogen-bond donors (Lipinski definition) is 2. The first-order valence-corrected chi connectivity index (χ1v) is 13.0. The Labute approximate surface area is 195 Å². The van der Waals surface area contributed by atoms with Gasteiger partial charge < -0.3 is 24.8 Å². The lowest BCUT2D eigenvalue weighted by atomic mass is 9.90. The molecule has 2 N–H and O–H groups in total. The number of morpholine rings is 1. The maximum Gasteiger partial charge on any atom is 0.189 e. The molecule has 10 heteroatoms. The number of aliphatic hydroxyl groups excluding tert-OH is 1. The lowest BCUT2D eigenvalue weighted by molar-refractivity contribution is -0.0396. The number of thiophene rings is 1. The average Bonchev–Trinajstić information content (AvgIpc) is 3.15. The zero-order valence-corrected chi connectivity index (χ0v) is 20.5. The second kappa shape index (κ2) is 8.57. The number of nitrogens with zero attached hydrogens (tertiary/aromatic N) is 4. The van der Waals surface area contributed by atoms with E-state index in [0.29, 0.717) is 31.5 Å². The van der Waals surface area contributed by atoms with Crippen LogP contribution in [0.1, 0.15) is 31.9 Å². The molecule has 172 valence electrons. The molecule has 0 aliphatic carbocycles. The fraction of sp³-hybridized carbons (Fsp3) is 0.591. The van der Waals surface area contributed by atoms with Crippen LogP contribution in [0.25, 0.3) is 20.4 Å². The van der Waals surface area contributed by atoms with Gasteiger partial charge in [-0.3, -0.25) is 0 Å². The Balaban J connectivity index is 1.76. The van der Waals surface area contributed by atoms with Crippen molar-refractivity contribution in [3.05, 3.63) is 11.1 Å². The lowest BCUT2D eigenvalue weighted by Crippen LogP contribution is -2.39. The van der Waals surface area contributed by atoms with Crippen LogP contribution in [0.3, 0.4) is 0 Å². The number of fused-ring (bicyclic) bond motifs is 5. The van der Waals surface area contributed by atoms with E-state index in [1.54, 1.807) is 18.3 Å². The first-order chi connectivity index (χ1) is 15.4. The van der Waals surface area contributed by atoms with Gasteiger partial charge >= 0.3 is 0 Å². The zero-order chi connectivity index (χ0) is 22.5. The molecule has 2 aliphatic rings. The van der Waals surface area contributed by atoms with E-state index in [4.69, 9.17) is 24.4 Å². The van der Waals surface area contributed by atoms with E-state index in [0.717, 1.165) is 51.6 Å². The van der Waals surface area contributed by atoms with E-state index in [1.807, 2.05) is 6.26 Å². The molecule has 1 saturated heterocycles. The number of aliphatic hydroxyl groups is 1. The van der Waals surface area contributed by atoms with Crippen molar-refractivity contribution < 1.29 is 14.6 Å². The normalized spacial score (nSPS) is 19.3. The number of ether oxygens (including phenoxy) is 2. The number of hydrogen-bond acceptors (Lipinski definition) is 10. The molecule has 3 aromatic heterocycles. The van der Waals surface area contributed by atoms with Gasteiger partial charge in [-0.2, -0.15) is 0 Å². The molecule has 0 amide bonds. The SMILES string of the molecule is CSc1nc(NCC(C)O)c2sc3nc(N4CCOCC4)c4c(c3c2n1)CC(C)(C)OC4. The average molecular weight is 476 g/mol. The Morgan fingerprint density at radius 1 is 1.22 bits per heavy atom. The number of pyridine rings is 1. The highest BCUT2D eigenvalue weighted by molar-refractivity contribution is 7.98. The van der Waals surface area contributed by atoms with Crippen LogP contribution in [0, 0.1) is 0 Å². The van der Waals surface area contributed by atoms with Crippen molar-refractivity contribution in [3.8, 4) is 0 Å². The molecule has 0 radical (unpaired) electrons. The number of rotatable bonds is 5. The molecule has 32 heavy (non-hydrogen) atoms. The van der Waals surface area contributed by atoms with Gasteiger partial charge in [-0.1, -0.05) is 11.8 Å². The molecule has 5 heterocycles. The van der Waals surface area contributed by atoms with E-state index < -0.39 is 6.10 Å². The van der Waals surface area contributed by atoms with E-state index >= 15 is 0 Å². The lowest BCUT2D eigenvalue weighted by Gasteiger charge is -2.36. The standard InChI is InChI=1S/C22H29N5O3S2/c1-12(28)10-23-18-17-16(24-21(25-18)31-4)15-13-9-22(2,3)30-11-14(13)19(26-20(15)32-17)27-5-7-29-8-6-27/h12,28H,5-11H2,1-4H3,(H,23,24,25). The molecular weight excluding hydrogens is 446 g/mol. The third kappa shape index (κ3) is 4.03. The minimum absolute atomic E-state index is 0.249. The van der Waals surface area contributed by atoms with Crippen LogP contribution in [0.2, 0.25) is 0 Å². The van der Waals surface area contributed by atoms with Crippen LogP contribution in [0.5, 0.6) is 0 Å². The third-order valence-corrected chi connectivity index (χ3v) is 7.53. The number of nitrogens with one attached hydrogen (secondary N) is 1. The maximum absolute atomic E-state index is 9.80. The fourth-order valence-electron chi connectivity index (χ4n) is 4.33. The molecule has 1 unspecified atom stereocenters. The Morgan fingerprint density at radius 3 is 2.72 bits per heavy atom. The number of thioether (sulfide) groups is 1. The van der Waals surface area contributed by atoms with Gasteiger partial charge in [0.25, 0.3) is 0 Å². The van der Waals surface area contributed by atoms with Crippen molar-refractivity contribution in [1.82, 2.24) is 15.0 Å². The van der Waals surface area contributed by atoms with Crippen LogP contribution in [0.15, 0.2) is 5.16 Å². The molecule has 1 atom stereocenters. The molecule has 3 aromatic rings. The summed E-state index contributed by atoms with van der Waals surface area (Å²) < 4.78 is 12.8. The molecule has 1 fully saturated rings. The molecule has 0 saturated carbocycles. The first kappa shape index (κ1) is 22.1. The van der Waals surface area contributed by atoms with Crippen molar-refractivity contribution in [2.45, 2.75) is 50.7 Å². The summed E-state index contributed by atoms with van der Waals surface area (Å²) in [5, 5.41) is 14.9. The van der Waals surface area contributed by atoms with Gasteiger partial charge in [0.15, 0.2) is 5.16 Å². The smallest absolute Gasteiger partial charge is 0.189 e. The molecule has 0 spiro atoms. The topological polar surface area (TPSA) is 92.6 Å². The molecule has 5 rings (SSSR count). The molecule has 0 bridgehead atoms. The van der Waals surface area contributed by atoms with Gasteiger partial charge in [0.05, 0.1) is 41.7 Å². The molecule has 0 aromatic carbocycles. The largest absolute Gasteiger partial charge is 0.392 e. The van der Waals surface area contributed by atoms with E-state index in [-0.39, 0.29) is 5.60 Å². The van der Waals surface area contributed by atoms with Crippen LogP contribution >= 0.6 is 23.1 Å². The summed E-state index contributed by atoms with van der Waals surface area (Å²) in [6.45, 7) is 10.1. The quantitative estimate of drug-likeness (QED) is 0.425. The van der Waals surface area contributed by atoms with Crippen LogP contribution in [-0.4, -0.2) is 70.9 Å². The fourth-order valence-corrected chi connectivity index (χ4v) is 5.80. The summed E-state index contributed by atoms with van der Waals surface area (Å²) in [7, 11) is 0. The van der Waals surface area contributed by atoms with Crippen LogP contribution < -0.4 is 10.2 Å². The van der Waals surface area contributed by atoms with E-state index in [2.05, 4.69) is 24.1 Å². The van der Waals surface area contributed by atoms with Gasteiger partial charge in [-0.25, -0.2) is 15.0 Å². The van der Waals surface area contributed by atoms with Crippen molar-refractivity contribution in [2.24, 2.45) is 0 Å². The molecular formula is C22H29N5O3S2. The number of anilines is 2. The Morgan fingerprint density at radius 2 is 2.00 bits per heavy atom. The Hall–Kier alpha value is -1.72. The monoisotopic (exact) mass is 475 g/mol. The predicted octanol–water partition coefficient (Wildman–Crippen LogP) is 3.44. The summed E-state index contributed by atoms with van der Waals surface area (Å²) in [5.41, 5.74) is 3.14. The highest BCUT2D eigenvalue weighted by atomic mass is 32.2. The highest BCUT2D eigenvalue weighted by Gasteiger charge is 2.33. The number of aromatic nitrogens is 3. The van der Waals surface area contributed by atoms with Crippen LogP contribution in [-0.2, 0) is 22.5 Å². The minimum atomic E-state index is -0.469. The van der Waals surface area contributed by atoms with E-state index in [1.165, 1.54) is 22.9 Å². The van der Waals surface area contributed by atoms with Crippen molar-refractivity contribution >= 4 is 55.2 Å². The van der Waals surface area contributed by atoms with Crippen molar-refractivity contribution in [3.63, 3.8) is 0 Å². The summed E-state index contributed by atoms with van der Waals surface area (Å²) in [6.07, 6.45) is 2.32. The first-order valence-electron chi connectivity index (χ1n) is 10.9. The minimum Gasteiger partial charge on any atom is -0.392 e. The Bertz CT molecular complexity index is 1160. The van der Waals surface area contributed by atoms with Gasteiger partial charge in [-0.05, 0) is 32.6 Å². The van der Waals surface area contributed by atoms with Crippen molar-refractivity contribution in [1.29, 1.82) is 0 Å². The zero-order valence-electron chi connectivity index (χ0n) is 18.9. The molecule has 8 nitrogen and oxygen atoms in total. The summed E-state index contributed by atoms with van der Waals surface area (Å²) in [4.78, 5) is 18.1. The maximum atomic E-state index is 9.80. The van der Waals surface area contributed by atoms with Gasteiger partial charge in [-0.15, -0.1) is 11.3 Å². The third-order valence-electron chi connectivity index (χ3n) is 5.91. The van der Waals surface area contributed by atoms with E-state index in [9.17, 15) is 5.11 Å². The van der Waals surface area contributed by atoms with Gasteiger partial charge in [0, 0.05) is 37.0 Å². The summed E-state index contributed by atoms with van der Waals surface area (Å²) in [5.74, 6) is 1.77. The predicted molar refractivity (Wildman–Crippen MR) is 130 cm³/mol. The summed E-state index contributed by atoms with van der Waals surface area (Å²) in [6, 6.07) is 0.